The number of carbonyl (C=O) groups is 1. The number of hydrogen-bond acceptors (Lipinski definition) is 4. The summed E-state index contributed by atoms with van der Waals surface area (Å²) in [7, 11) is 1.84. The van der Waals surface area contributed by atoms with Crippen LogP contribution in [0.5, 0.6) is 0 Å². The number of aromatic nitrogens is 1. The number of carboxylic acids is 1. The Kier molecular flexibility index (Phi) is 4.81. The van der Waals surface area contributed by atoms with Crippen LogP contribution in [0.25, 0.3) is 10.6 Å². The second kappa shape index (κ2) is 6.58. The maximum absolute atomic E-state index is 13.6. The lowest BCUT2D eigenvalue weighted by Crippen LogP contribution is -2.21. The van der Waals surface area contributed by atoms with Crippen LogP contribution in [-0.2, 0) is 11.3 Å². The monoisotopic (exact) mass is 294 g/mol. The fourth-order valence-electron chi connectivity index (χ4n) is 1.78. The van der Waals surface area contributed by atoms with Crippen LogP contribution in [-0.4, -0.2) is 34.6 Å². The van der Waals surface area contributed by atoms with Crippen LogP contribution in [0.1, 0.15) is 12.1 Å². The van der Waals surface area contributed by atoms with Gasteiger partial charge in [0.2, 0.25) is 0 Å². The van der Waals surface area contributed by atoms with E-state index in [0.717, 1.165) is 5.69 Å². The van der Waals surface area contributed by atoms with Crippen molar-refractivity contribution in [1.82, 2.24) is 9.88 Å². The van der Waals surface area contributed by atoms with E-state index < -0.39 is 5.97 Å². The fourth-order valence-corrected chi connectivity index (χ4v) is 2.62. The molecule has 2 rings (SSSR count). The van der Waals surface area contributed by atoms with Crippen molar-refractivity contribution < 1.29 is 14.3 Å². The van der Waals surface area contributed by atoms with Crippen molar-refractivity contribution in [3.05, 3.63) is 41.2 Å². The number of carboxylic acid groups (broad SMARTS) is 1. The van der Waals surface area contributed by atoms with Gasteiger partial charge in [0.15, 0.2) is 0 Å². The zero-order valence-corrected chi connectivity index (χ0v) is 11.9. The number of rotatable bonds is 6. The number of aliphatic carboxylic acids is 1. The van der Waals surface area contributed by atoms with Gasteiger partial charge in [0.1, 0.15) is 10.8 Å². The van der Waals surface area contributed by atoms with E-state index in [4.69, 9.17) is 5.11 Å². The van der Waals surface area contributed by atoms with Gasteiger partial charge in [-0.25, -0.2) is 9.37 Å². The van der Waals surface area contributed by atoms with E-state index in [1.807, 2.05) is 17.3 Å². The fraction of sp³-hybridized carbons (Fsp3) is 0.286. The third-order valence-electron chi connectivity index (χ3n) is 2.80. The van der Waals surface area contributed by atoms with Gasteiger partial charge in [-0.05, 0) is 19.2 Å². The van der Waals surface area contributed by atoms with Crippen molar-refractivity contribution in [2.75, 3.05) is 13.6 Å². The number of thiazole rings is 1. The normalized spacial score (nSPS) is 10.9. The predicted molar refractivity (Wildman–Crippen MR) is 76.1 cm³/mol. The SMILES string of the molecule is CN(CCC(=O)O)Cc1csc(-c2ccccc2F)n1. The van der Waals surface area contributed by atoms with Gasteiger partial charge in [0, 0.05) is 24.0 Å². The van der Waals surface area contributed by atoms with E-state index in [0.29, 0.717) is 23.7 Å². The Morgan fingerprint density at radius 2 is 2.20 bits per heavy atom. The van der Waals surface area contributed by atoms with E-state index in [1.165, 1.54) is 17.4 Å². The maximum Gasteiger partial charge on any atom is 0.304 e. The molecule has 1 aromatic carbocycles. The molecule has 0 unspecified atom stereocenters. The van der Waals surface area contributed by atoms with Crippen LogP contribution in [0.4, 0.5) is 4.39 Å². The lowest BCUT2D eigenvalue weighted by atomic mass is 10.2. The van der Waals surface area contributed by atoms with Crippen molar-refractivity contribution in [3.63, 3.8) is 0 Å². The Labute approximate surface area is 120 Å². The quantitative estimate of drug-likeness (QED) is 0.890. The zero-order valence-electron chi connectivity index (χ0n) is 11.0. The van der Waals surface area contributed by atoms with Crippen molar-refractivity contribution in [2.45, 2.75) is 13.0 Å². The van der Waals surface area contributed by atoms with Gasteiger partial charge in [0.25, 0.3) is 0 Å². The van der Waals surface area contributed by atoms with Crippen LogP contribution in [0, 0.1) is 5.82 Å². The summed E-state index contributed by atoms with van der Waals surface area (Å²) in [6, 6.07) is 6.53. The molecule has 0 radical (unpaired) electrons. The summed E-state index contributed by atoms with van der Waals surface area (Å²) in [6.07, 6.45) is 0.0980. The molecule has 0 bridgehead atoms. The summed E-state index contributed by atoms with van der Waals surface area (Å²) in [5.74, 6) is -1.10. The van der Waals surface area contributed by atoms with Crippen LogP contribution >= 0.6 is 11.3 Å². The molecule has 0 aliphatic rings. The highest BCUT2D eigenvalue weighted by Crippen LogP contribution is 2.26. The van der Waals surface area contributed by atoms with Gasteiger partial charge in [0.05, 0.1) is 12.1 Å². The topological polar surface area (TPSA) is 53.4 Å². The average Bonchev–Trinajstić information content (AvgIpc) is 2.85. The largest absolute Gasteiger partial charge is 0.481 e. The van der Waals surface area contributed by atoms with Gasteiger partial charge in [-0.15, -0.1) is 11.3 Å². The molecule has 0 fully saturated rings. The molecule has 0 spiro atoms. The van der Waals surface area contributed by atoms with Crippen molar-refractivity contribution in [2.24, 2.45) is 0 Å². The third kappa shape index (κ3) is 3.85. The van der Waals surface area contributed by atoms with E-state index in [2.05, 4.69) is 4.98 Å². The van der Waals surface area contributed by atoms with Crippen molar-refractivity contribution in [1.29, 1.82) is 0 Å². The number of hydrogen-bond donors (Lipinski definition) is 1. The molecule has 1 heterocycles. The molecule has 0 aliphatic heterocycles. The minimum absolute atomic E-state index is 0.0980. The highest BCUT2D eigenvalue weighted by Gasteiger charge is 2.10. The third-order valence-corrected chi connectivity index (χ3v) is 3.72. The average molecular weight is 294 g/mol. The van der Waals surface area contributed by atoms with Crippen LogP contribution in [0.3, 0.4) is 0 Å². The lowest BCUT2D eigenvalue weighted by Gasteiger charge is -2.13. The molecular weight excluding hydrogens is 279 g/mol. The van der Waals surface area contributed by atoms with E-state index in [9.17, 15) is 9.18 Å². The molecule has 0 saturated carbocycles. The second-order valence-electron chi connectivity index (χ2n) is 4.51. The van der Waals surface area contributed by atoms with Crippen molar-refractivity contribution in [3.8, 4) is 10.6 Å². The van der Waals surface area contributed by atoms with E-state index in [-0.39, 0.29) is 12.2 Å². The molecule has 4 nitrogen and oxygen atoms in total. The summed E-state index contributed by atoms with van der Waals surface area (Å²) in [6.45, 7) is 1.01. The summed E-state index contributed by atoms with van der Waals surface area (Å²) in [4.78, 5) is 16.8. The summed E-state index contributed by atoms with van der Waals surface area (Å²) < 4.78 is 13.6. The smallest absolute Gasteiger partial charge is 0.304 e. The molecule has 0 saturated heterocycles. The number of benzene rings is 1. The number of nitrogens with zero attached hydrogens (tertiary/aromatic N) is 2. The molecule has 2 aromatic rings. The summed E-state index contributed by atoms with van der Waals surface area (Å²) in [5, 5.41) is 11.1. The standard InChI is InChI=1S/C14H15FN2O2S/c1-17(7-6-13(18)19)8-10-9-20-14(16-10)11-4-2-3-5-12(11)15/h2-5,9H,6-8H2,1H3,(H,18,19). The predicted octanol–water partition coefficient (Wildman–Crippen LogP) is 2.86. The maximum atomic E-state index is 13.6. The minimum Gasteiger partial charge on any atom is -0.481 e. The number of halogens is 1. The molecule has 20 heavy (non-hydrogen) atoms. The molecule has 106 valence electrons. The molecule has 6 heteroatoms. The molecule has 0 aliphatic carbocycles. The Morgan fingerprint density at radius 1 is 1.45 bits per heavy atom. The highest BCUT2D eigenvalue weighted by atomic mass is 32.1. The van der Waals surface area contributed by atoms with E-state index in [1.54, 1.807) is 18.2 Å². The first kappa shape index (κ1) is 14.6. The lowest BCUT2D eigenvalue weighted by molar-refractivity contribution is -0.137. The first-order valence-corrected chi connectivity index (χ1v) is 7.04. The zero-order chi connectivity index (χ0) is 14.5. The van der Waals surface area contributed by atoms with Gasteiger partial charge in [-0.1, -0.05) is 12.1 Å². The Morgan fingerprint density at radius 3 is 2.90 bits per heavy atom. The van der Waals surface area contributed by atoms with Crippen LogP contribution in [0.15, 0.2) is 29.6 Å². The Hall–Kier alpha value is -1.79. The first-order chi connectivity index (χ1) is 9.56. The Bertz CT molecular complexity index is 600. The van der Waals surface area contributed by atoms with Gasteiger partial charge >= 0.3 is 5.97 Å². The van der Waals surface area contributed by atoms with Crippen molar-refractivity contribution >= 4 is 17.3 Å². The molecule has 1 N–H and O–H groups in total. The summed E-state index contributed by atoms with van der Waals surface area (Å²) in [5.41, 5.74) is 1.32. The second-order valence-corrected chi connectivity index (χ2v) is 5.36. The van der Waals surface area contributed by atoms with Crippen LogP contribution < -0.4 is 0 Å². The van der Waals surface area contributed by atoms with Gasteiger partial charge in [-0.2, -0.15) is 0 Å². The van der Waals surface area contributed by atoms with Gasteiger partial charge in [-0.3, -0.25) is 9.69 Å². The molecular formula is C14H15FN2O2S. The molecule has 0 atom stereocenters. The first-order valence-electron chi connectivity index (χ1n) is 6.16. The molecule has 0 amide bonds. The van der Waals surface area contributed by atoms with E-state index >= 15 is 0 Å². The highest BCUT2D eigenvalue weighted by molar-refractivity contribution is 7.13. The Balaban J connectivity index is 2.02. The minimum atomic E-state index is -0.817. The van der Waals surface area contributed by atoms with Gasteiger partial charge < -0.3 is 5.11 Å². The summed E-state index contributed by atoms with van der Waals surface area (Å²) >= 11 is 1.39. The molecule has 1 aromatic heterocycles. The van der Waals surface area contributed by atoms with Crippen LogP contribution in [0.2, 0.25) is 0 Å².